The van der Waals surface area contributed by atoms with Crippen LogP contribution in [0, 0.1) is 11.8 Å². The number of amides is 1. The molecule has 2 heterocycles. The molecule has 0 spiro atoms. The van der Waals surface area contributed by atoms with Crippen molar-refractivity contribution in [3.8, 4) is 0 Å². The average Bonchev–Trinajstić information content (AvgIpc) is 3.01. The van der Waals surface area contributed by atoms with Gasteiger partial charge in [-0.3, -0.25) is 9.69 Å². The van der Waals surface area contributed by atoms with Crippen molar-refractivity contribution in [2.24, 2.45) is 11.8 Å². The fraction of sp³-hybridized carbons (Fsp3) is 0.467. The van der Waals surface area contributed by atoms with Gasteiger partial charge in [-0.05, 0) is 24.1 Å². The first-order chi connectivity index (χ1) is 9.59. The van der Waals surface area contributed by atoms with Gasteiger partial charge in [-0.2, -0.15) is 0 Å². The summed E-state index contributed by atoms with van der Waals surface area (Å²) >= 11 is 0. The summed E-state index contributed by atoms with van der Waals surface area (Å²) in [6.45, 7) is 3.47. The third-order valence-electron chi connectivity index (χ3n) is 4.33. The Bertz CT molecular complexity index is 558. The number of carboxylic acids is 1. The van der Waals surface area contributed by atoms with Crippen LogP contribution >= 0.6 is 0 Å². The molecule has 1 unspecified atom stereocenters. The number of carbonyl (C=O) groups is 2. The Morgan fingerprint density at radius 3 is 2.70 bits per heavy atom. The molecular formula is C15H18N2O3. The summed E-state index contributed by atoms with van der Waals surface area (Å²) in [5, 5.41) is 12.6. The molecule has 0 bridgehead atoms. The first kappa shape index (κ1) is 13.1. The molecule has 0 radical (unpaired) electrons. The zero-order chi connectivity index (χ0) is 14.3. The Balaban J connectivity index is 1.96. The summed E-state index contributed by atoms with van der Waals surface area (Å²) in [7, 11) is 0. The van der Waals surface area contributed by atoms with Gasteiger partial charge in [0.2, 0.25) is 5.91 Å². The van der Waals surface area contributed by atoms with Crippen molar-refractivity contribution >= 4 is 17.6 Å². The van der Waals surface area contributed by atoms with Crippen LogP contribution in [0.2, 0.25) is 0 Å². The molecule has 0 aliphatic carbocycles. The van der Waals surface area contributed by atoms with Gasteiger partial charge < -0.3 is 10.4 Å². The highest BCUT2D eigenvalue weighted by Gasteiger charge is 2.42. The summed E-state index contributed by atoms with van der Waals surface area (Å²) in [6.07, 6.45) is 0.395. The van der Waals surface area contributed by atoms with Crippen molar-refractivity contribution in [3.63, 3.8) is 0 Å². The van der Waals surface area contributed by atoms with Crippen LogP contribution in [0.1, 0.15) is 12.5 Å². The van der Waals surface area contributed by atoms with Gasteiger partial charge in [0.15, 0.2) is 0 Å². The second-order valence-electron chi connectivity index (χ2n) is 5.64. The van der Waals surface area contributed by atoms with E-state index in [4.69, 9.17) is 0 Å². The van der Waals surface area contributed by atoms with Gasteiger partial charge in [-0.25, -0.2) is 4.79 Å². The lowest BCUT2D eigenvalue weighted by Crippen LogP contribution is -2.47. The highest BCUT2D eigenvalue weighted by Crippen LogP contribution is 2.34. The van der Waals surface area contributed by atoms with E-state index in [0.29, 0.717) is 13.0 Å². The molecule has 5 nitrogen and oxygen atoms in total. The second kappa shape index (κ2) is 4.90. The summed E-state index contributed by atoms with van der Waals surface area (Å²) in [6, 6.07) is 6.69. The van der Waals surface area contributed by atoms with Gasteiger partial charge in [0.25, 0.3) is 0 Å². The van der Waals surface area contributed by atoms with Crippen molar-refractivity contribution in [2.45, 2.75) is 19.4 Å². The molecule has 1 fully saturated rings. The van der Waals surface area contributed by atoms with E-state index in [1.54, 1.807) is 0 Å². The predicted octanol–water partition coefficient (Wildman–Crippen LogP) is 0.884. The molecule has 3 atom stereocenters. The summed E-state index contributed by atoms with van der Waals surface area (Å²) in [4.78, 5) is 25.7. The normalized spacial score (nSPS) is 28.4. The number of carboxylic acid groups (broad SMARTS) is 1. The number of carbonyl (C=O) groups excluding carboxylic acids is 1. The zero-order valence-electron chi connectivity index (χ0n) is 11.4. The largest absolute Gasteiger partial charge is 0.480 e. The van der Waals surface area contributed by atoms with Crippen LogP contribution in [0.3, 0.4) is 0 Å². The van der Waals surface area contributed by atoms with Crippen molar-refractivity contribution < 1.29 is 14.7 Å². The molecule has 1 aromatic carbocycles. The summed E-state index contributed by atoms with van der Waals surface area (Å²) in [5.74, 6) is -0.902. The van der Waals surface area contributed by atoms with Crippen LogP contribution in [0.15, 0.2) is 24.3 Å². The minimum Gasteiger partial charge on any atom is -0.480 e. The van der Waals surface area contributed by atoms with Crippen molar-refractivity contribution in [1.82, 2.24) is 5.32 Å². The van der Waals surface area contributed by atoms with Crippen LogP contribution in [-0.2, 0) is 16.0 Å². The van der Waals surface area contributed by atoms with E-state index in [0.717, 1.165) is 17.8 Å². The number of aliphatic carboxylic acids is 1. The number of rotatable bonds is 2. The monoisotopic (exact) mass is 274 g/mol. The van der Waals surface area contributed by atoms with Crippen molar-refractivity contribution in [2.75, 3.05) is 18.0 Å². The van der Waals surface area contributed by atoms with E-state index in [1.807, 2.05) is 31.2 Å². The quantitative estimate of drug-likeness (QED) is 0.840. The van der Waals surface area contributed by atoms with Crippen LogP contribution in [0.25, 0.3) is 0 Å². The highest BCUT2D eigenvalue weighted by atomic mass is 16.4. The van der Waals surface area contributed by atoms with Gasteiger partial charge in [0.05, 0.1) is 5.92 Å². The number of para-hydroxylation sites is 1. The maximum absolute atomic E-state index is 12.8. The van der Waals surface area contributed by atoms with E-state index in [1.165, 1.54) is 4.90 Å². The molecule has 5 heteroatoms. The Morgan fingerprint density at radius 2 is 2.05 bits per heavy atom. The zero-order valence-corrected chi connectivity index (χ0v) is 11.4. The van der Waals surface area contributed by atoms with Gasteiger partial charge in [0.1, 0.15) is 6.04 Å². The minimum atomic E-state index is -0.937. The molecule has 2 N–H and O–H groups in total. The van der Waals surface area contributed by atoms with Gasteiger partial charge >= 0.3 is 5.97 Å². The predicted molar refractivity (Wildman–Crippen MR) is 74.6 cm³/mol. The molecule has 20 heavy (non-hydrogen) atoms. The highest BCUT2D eigenvalue weighted by molar-refractivity contribution is 6.03. The van der Waals surface area contributed by atoms with E-state index >= 15 is 0 Å². The minimum absolute atomic E-state index is 0.0696. The van der Waals surface area contributed by atoms with Gasteiger partial charge in [0, 0.05) is 18.7 Å². The number of anilines is 1. The fourth-order valence-corrected chi connectivity index (χ4v) is 3.18. The average molecular weight is 274 g/mol. The molecule has 0 aromatic heterocycles. The van der Waals surface area contributed by atoms with Gasteiger partial charge in [-0.1, -0.05) is 25.1 Å². The molecule has 1 aromatic rings. The fourth-order valence-electron chi connectivity index (χ4n) is 3.18. The number of benzene rings is 1. The Hall–Kier alpha value is -1.88. The lowest BCUT2D eigenvalue weighted by atomic mass is 9.96. The molecule has 1 saturated heterocycles. The third-order valence-corrected chi connectivity index (χ3v) is 4.33. The number of hydrogen-bond donors (Lipinski definition) is 2. The molecular weight excluding hydrogens is 256 g/mol. The maximum Gasteiger partial charge on any atom is 0.327 e. The smallest absolute Gasteiger partial charge is 0.327 e. The second-order valence-corrected chi connectivity index (χ2v) is 5.64. The van der Waals surface area contributed by atoms with Crippen molar-refractivity contribution in [1.29, 1.82) is 0 Å². The third kappa shape index (κ3) is 1.98. The number of nitrogens with zero attached hydrogens (tertiary/aromatic N) is 1. The Morgan fingerprint density at radius 1 is 1.30 bits per heavy atom. The molecule has 106 valence electrons. The van der Waals surface area contributed by atoms with E-state index in [-0.39, 0.29) is 17.7 Å². The van der Waals surface area contributed by atoms with Crippen LogP contribution < -0.4 is 10.2 Å². The van der Waals surface area contributed by atoms with Crippen LogP contribution in [0.5, 0.6) is 0 Å². The van der Waals surface area contributed by atoms with Crippen LogP contribution in [0.4, 0.5) is 5.69 Å². The lowest BCUT2D eigenvalue weighted by Gasteiger charge is -2.27. The van der Waals surface area contributed by atoms with E-state index < -0.39 is 12.0 Å². The molecule has 2 aliphatic rings. The lowest BCUT2D eigenvalue weighted by molar-refractivity contribution is -0.140. The maximum atomic E-state index is 12.8. The SMILES string of the molecule is C[C@@H]1CNC[C@H]1C(=O)N1c2ccccc2CC1C(=O)O. The van der Waals surface area contributed by atoms with Crippen molar-refractivity contribution in [3.05, 3.63) is 29.8 Å². The Labute approximate surface area is 117 Å². The first-order valence-corrected chi connectivity index (χ1v) is 6.94. The molecule has 0 saturated carbocycles. The molecule has 2 aliphatic heterocycles. The molecule has 3 rings (SSSR count). The first-order valence-electron chi connectivity index (χ1n) is 6.94. The standard InChI is InChI=1S/C15H18N2O3/c1-9-7-16-8-11(9)14(18)17-12-5-3-2-4-10(12)6-13(17)15(19)20/h2-5,9,11,13,16H,6-8H2,1H3,(H,19,20)/t9-,11-,13?/m1/s1. The Kier molecular flexibility index (Phi) is 3.22. The number of hydrogen-bond acceptors (Lipinski definition) is 3. The van der Waals surface area contributed by atoms with Gasteiger partial charge in [-0.15, -0.1) is 0 Å². The van der Waals surface area contributed by atoms with E-state index in [2.05, 4.69) is 5.32 Å². The van der Waals surface area contributed by atoms with E-state index in [9.17, 15) is 14.7 Å². The number of fused-ring (bicyclic) bond motifs is 1. The molecule has 1 amide bonds. The summed E-state index contributed by atoms with van der Waals surface area (Å²) < 4.78 is 0. The summed E-state index contributed by atoms with van der Waals surface area (Å²) in [5.41, 5.74) is 1.69. The van der Waals surface area contributed by atoms with Crippen LogP contribution in [-0.4, -0.2) is 36.1 Å². The topological polar surface area (TPSA) is 69.6 Å². The number of nitrogens with one attached hydrogen (secondary N) is 1.